The van der Waals surface area contributed by atoms with Crippen LogP contribution in [0.2, 0.25) is 0 Å². The number of nitrogens with one attached hydrogen (secondary N) is 1. The molecule has 0 bridgehead atoms. The Balaban J connectivity index is 1.72. The third-order valence-corrected chi connectivity index (χ3v) is 3.47. The molecule has 0 atom stereocenters. The number of phenolic OH excluding ortho intramolecular Hbond substituents is 1. The first-order valence-electron chi connectivity index (χ1n) is 6.88. The van der Waals surface area contributed by atoms with Crippen molar-refractivity contribution in [2.24, 2.45) is 0 Å². The zero-order valence-electron chi connectivity index (χ0n) is 11.5. The summed E-state index contributed by atoms with van der Waals surface area (Å²) < 4.78 is 13.2. The molecule has 0 heterocycles. The van der Waals surface area contributed by atoms with Crippen molar-refractivity contribution in [2.75, 3.05) is 0 Å². The van der Waals surface area contributed by atoms with Gasteiger partial charge in [-0.1, -0.05) is 42.5 Å². The summed E-state index contributed by atoms with van der Waals surface area (Å²) in [6.45, 7) is 1.20. The van der Waals surface area contributed by atoms with Gasteiger partial charge in [0.15, 0.2) is 0 Å². The van der Waals surface area contributed by atoms with Crippen molar-refractivity contribution < 1.29 is 9.50 Å². The maximum absolute atomic E-state index is 13.2. The molecule has 0 aliphatic heterocycles. The van der Waals surface area contributed by atoms with Gasteiger partial charge in [-0.25, -0.2) is 4.39 Å². The normalized spacial score (nSPS) is 10.9. The molecule has 0 aliphatic carbocycles. The Morgan fingerprint density at radius 1 is 0.905 bits per heavy atom. The third-order valence-electron chi connectivity index (χ3n) is 3.47. The molecule has 0 saturated heterocycles. The highest BCUT2D eigenvalue weighted by Crippen LogP contribution is 2.19. The molecule has 2 N–H and O–H groups in total. The van der Waals surface area contributed by atoms with Crippen LogP contribution >= 0.6 is 0 Å². The number of fused-ring (bicyclic) bond motifs is 1. The maximum Gasteiger partial charge on any atom is 0.127 e. The average Bonchev–Trinajstić information content (AvgIpc) is 2.46. The van der Waals surface area contributed by atoms with E-state index in [0.29, 0.717) is 13.1 Å². The molecule has 3 heteroatoms. The molecule has 106 valence electrons. The summed E-state index contributed by atoms with van der Waals surface area (Å²) in [4.78, 5) is 0. The van der Waals surface area contributed by atoms with Gasteiger partial charge in [0.1, 0.15) is 11.6 Å². The molecule has 0 amide bonds. The zero-order chi connectivity index (χ0) is 14.7. The molecule has 0 unspecified atom stereocenters. The Bertz CT molecular complexity index is 745. The molecule has 2 nitrogen and oxygen atoms in total. The van der Waals surface area contributed by atoms with Crippen molar-refractivity contribution in [3.05, 3.63) is 77.6 Å². The maximum atomic E-state index is 13.2. The largest absolute Gasteiger partial charge is 0.508 e. The topological polar surface area (TPSA) is 32.3 Å². The van der Waals surface area contributed by atoms with Crippen molar-refractivity contribution in [2.45, 2.75) is 13.1 Å². The molecule has 3 rings (SSSR count). The van der Waals surface area contributed by atoms with Crippen LogP contribution in [0.4, 0.5) is 4.39 Å². The summed E-state index contributed by atoms with van der Waals surface area (Å²) in [7, 11) is 0. The quantitative estimate of drug-likeness (QED) is 0.758. The Kier molecular flexibility index (Phi) is 3.84. The summed E-state index contributed by atoms with van der Waals surface area (Å²) >= 11 is 0. The second kappa shape index (κ2) is 5.94. The Morgan fingerprint density at radius 3 is 2.57 bits per heavy atom. The van der Waals surface area contributed by atoms with E-state index < -0.39 is 5.82 Å². The minimum Gasteiger partial charge on any atom is -0.508 e. The van der Waals surface area contributed by atoms with Crippen molar-refractivity contribution in [3.8, 4) is 5.75 Å². The number of rotatable bonds is 4. The lowest BCUT2D eigenvalue weighted by Crippen LogP contribution is -2.13. The smallest absolute Gasteiger partial charge is 0.127 e. The number of aromatic hydroxyl groups is 1. The van der Waals surface area contributed by atoms with E-state index in [1.165, 1.54) is 22.4 Å². The van der Waals surface area contributed by atoms with Crippen LogP contribution in [0.25, 0.3) is 10.8 Å². The van der Waals surface area contributed by atoms with Crippen molar-refractivity contribution in [1.82, 2.24) is 5.32 Å². The van der Waals surface area contributed by atoms with Gasteiger partial charge < -0.3 is 10.4 Å². The van der Waals surface area contributed by atoms with E-state index in [1.54, 1.807) is 6.07 Å². The fourth-order valence-corrected chi connectivity index (χ4v) is 2.52. The van der Waals surface area contributed by atoms with Gasteiger partial charge in [0.2, 0.25) is 0 Å². The Labute approximate surface area is 122 Å². The van der Waals surface area contributed by atoms with Gasteiger partial charge in [-0.3, -0.25) is 0 Å². The summed E-state index contributed by atoms with van der Waals surface area (Å²) in [6.07, 6.45) is 0. The summed E-state index contributed by atoms with van der Waals surface area (Å²) in [5.41, 5.74) is 1.93. The molecule has 0 radical (unpaired) electrons. The average molecular weight is 281 g/mol. The molecule has 0 spiro atoms. The minimum atomic E-state index is -0.419. The van der Waals surface area contributed by atoms with Crippen LogP contribution in [-0.4, -0.2) is 5.11 Å². The highest BCUT2D eigenvalue weighted by molar-refractivity contribution is 5.85. The van der Waals surface area contributed by atoms with Gasteiger partial charge >= 0.3 is 0 Å². The molecule has 0 aliphatic rings. The molecule has 3 aromatic rings. The number of benzene rings is 3. The van der Waals surface area contributed by atoms with Gasteiger partial charge in [-0.05, 0) is 34.0 Å². The number of hydrogen-bond acceptors (Lipinski definition) is 2. The van der Waals surface area contributed by atoms with Crippen LogP contribution in [0.15, 0.2) is 60.7 Å². The molecule has 0 aromatic heterocycles. The Morgan fingerprint density at radius 2 is 1.71 bits per heavy atom. The second-order valence-corrected chi connectivity index (χ2v) is 5.06. The highest BCUT2D eigenvalue weighted by atomic mass is 19.1. The third kappa shape index (κ3) is 3.20. The summed E-state index contributed by atoms with van der Waals surface area (Å²) in [5.74, 6) is -0.464. The molecule has 0 fully saturated rings. The second-order valence-electron chi connectivity index (χ2n) is 5.06. The van der Waals surface area contributed by atoms with Gasteiger partial charge in [0.25, 0.3) is 0 Å². The predicted molar refractivity (Wildman–Crippen MR) is 82.6 cm³/mol. The van der Waals surface area contributed by atoms with Crippen LogP contribution in [-0.2, 0) is 13.1 Å². The number of hydrogen-bond donors (Lipinski definition) is 2. The van der Waals surface area contributed by atoms with Crippen molar-refractivity contribution in [1.29, 1.82) is 0 Å². The van der Waals surface area contributed by atoms with Crippen LogP contribution in [0, 0.1) is 5.82 Å². The highest BCUT2D eigenvalue weighted by Gasteiger charge is 2.02. The first-order valence-corrected chi connectivity index (χ1v) is 6.88. The van der Waals surface area contributed by atoms with Crippen LogP contribution < -0.4 is 5.32 Å². The van der Waals surface area contributed by atoms with Crippen molar-refractivity contribution >= 4 is 10.8 Å². The number of halogens is 1. The van der Waals surface area contributed by atoms with E-state index in [0.717, 1.165) is 11.6 Å². The molecule has 0 saturated carbocycles. The van der Waals surface area contributed by atoms with E-state index in [4.69, 9.17) is 0 Å². The number of phenols is 1. The molecule has 3 aromatic carbocycles. The standard InChI is InChI=1S/C18H16FNO/c19-16-8-13(9-17(21)10-16)11-20-12-15-6-3-5-14-4-1-2-7-18(14)15/h1-10,20-21H,11-12H2. The Hall–Kier alpha value is -2.39. The summed E-state index contributed by atoms with van der Waals surface area (Å²) in [5, 5.41) is 15.1. The van der Waals surface area contributed by atoms with Crippen LogP contribution in [0.3, 0.4) is 0 Å². The van der Waals surface area contributed by atoms with Crippen molar-refractivity contribution in [3.63, 3.8) is 0 Å². The zero-order valence-corrected chi connectivity index (χ0v) is 11.5. The SMILES string of the molecule is Oc1cc(F)cc(CNCc2cccc3ccccc23)c1. The molecule has 21 heavy (non-hydrogen) atoms. The minimum absolute atomic E-state index is 0.0445. The van der Waals surface area contributed by atoms with Gasteiger partial charge in [-0.2, -0.15) is 0 Å². The lowest BCUT2D eigenvalue weighted by molar-refractivity contribution is 0.467. The van der Waals surface area contributed by atoms with E-state index in [9.17, 15) is 9.50 Å². The first kappa shape index (κ1) is 13.6. The predicted octanol–water partition coefficient (Wildman–Crippen LogP) is 3.97. The fraction of sp³-hybridized carbons (Fsp3) is 0.111. The van der Waals surface area contributed by atoms with E-state index in [-0.39, 0.29) is 5.75 Å². The van der Waals surface area contributed by atoms with Crippen LogP contribution in [0.1, 0.15) is 11.1 Å². The first-order chi connectivity index (χ1) is 10.2. The molecular weight excluding hydrogens is 265 g/mol. The van der Waals surface area contributed by atoms with E-state index in [1.807, 2.05) is 18.2 Å². The summed E-state index contributed by atoms with van der Waals surface area (Å²) in [6, 6.07) is 18.5. The lowest BCUT2D eigenvalue weighted by atomic mass is 10.0. The van der Waals surface area contributed by atoms with Gasteiger partial charge in [0.05, 0.1) is 0 Å². The van der Waals surface area contributed by atoms with E-state index in [2.05, 4.69) is 29.6 Å². The van der Waals surface area contributed by atoms with Gasteiger partial charge in [-0.15, -0.1) is 0 Å². The van der Waals surface area contributed by atoms with Gasteiger partial charge in [0, 0.05) is 19.2 Å². The van der Waals surface area contributed by atoms with E-state index >= 15 is 0 Å². The van der Waals surface area contributed by atoms with Crippen LogP contribution in [0.5, 0.6) is 5.75 Å². The monoisotopic (exact) mass is 281 g/mol. The lowest BCUT2D eigenvalue weighted by Gasteiger charge is -2.09. The molecular formula is C18H16FNO. The fourth-order valence-electron chi connectivity index (χ4n) is 2.52.